The van der Waals surface area contributed by atoms with Gasteiger partial charge >= 0.3 is 19.3 Å². The van der Waals surface area contributed by atoms with Gasteiger partial charge in [-0.05, 0) is 211 Å². The van der Waals surface area contributed by atoms with E-state index in [1.807, 2.05) is 134 Å². The van der Waals surface area contributed by atoms with E-state index >= 15 is 0 Å². The Kier molecular flexibility index (Phi) is 27.7. The SMILES string of the molecule is CC(C)(C)OC(=O)N1CCC(n2cc(B3OC(C)(C)C(C)(C)O3)cn2)CC1.COc1c(F)cc(F)cc1-c1c[nH]c2ncc(-c3cnn(C4CCNCC4)c3)cc12.COc1c(F)cc(F)cc1-c1cn(S(=O)(=O)c2ccc(C)cc2)c2ncc(-c3cnn(C4CCN(C(=O)OC(C)(C)C)CC4)c3)cc12.COc1c(F)cc(F)cc1-c1cn(S(=O)(=O)c2ccc(C)cc2)c2ncc(Br)cc12. The fourth-order valence-electron chi connectivity index (χ4n) is 16.4. The van der Waals surface area contributed by atoms with E-state index in [1.165, 1.54) is 70.3 Å². The Bertz CT molecular complexity index is 6940. The van der Waals surface area contributed by atoms with Gasteiger partial charge in [-0.25, -0.2) is 75.7 Å². The fraction of sp³-hybridized carbons (Fsp3) is 0.354. The molecule has 4 saturated heterocycles. The number of nitrogens with zero attached hydrogens (tertiary/aromatic N) is 13. The number of methoxy groups -OCH3 is 3. The molecule has 14 aromatic rings. The largest absolute Gasteiger partial charge is 0.498 e. The third-order valence-electron chi connectivity index (χ3n) is 24.1. The van der Waals surface area contributed by atoms with Crippen molar-refractivity contribution < 1.29 is 85.8 Å². The Balaban J connectivity index is 0.000000140. The lowest BCUT2D eigenvalue weighted by atomic mass is 9.82. The molecule has 0 radical (unpaired) electrons. The molecule has 0 bridgehead atoms. The normalized spacial score (nSPS) is 15.7. The Hall–Kier alpha value is -12.4. The van der Waals surface area contributed by atoms with Crippen molar-refractivity contribution in [3.8, 4) is 72.9 Å². The molecule has 4 aliphatic heterocycles. The lowest BCUT2D eigenvalue weighted by Gasteiger charge is -2.33. The molecule has 38 heteroatoms. The van der Waals surface area contributed by atoms with Gasteiger partial charge in [-0.1, -0.05) is 35.4 Å². The maximum absolute atomic E-state index is 14.9. The maximum atomic E-state index is 14.9. The summed E-state index contributed by atoms with van der Waals surface area (Å²) in [5.41, 5.74) is 6.57. The summed E-state index contributed by atoms with van der Waals surface area (Å²) in [7, 11) is -4.66. The zero-order valence-corrected chi connectivity index (χ0v) is 79.8. The van der Waals surface area contributed by atoms with Crippen LogP contribution in [0.5, 0.6) is 17.2 Å². The molecule has 2 N–H and O–H groups in total. The summed E-state index contributed by atoms with van der Waals surface area (Å²) >= 11 is 3.32. The van der Waals surface area contributed by atoms with Crippen molar-refractivity contribution in [1.82, 2.24) is 72.3 Å². The standard InChI is InChI=1S/C34H35F2N5O5S.C22H21F2N5O.C21H15BrF2N2O3S.C19H32BN3O4/c1-21-6-8-26(9-7-21)47(43,44)41-20-29(27-15-24(35)16-30(36)31(27)45-5)28-14-22(17-37-32(28)41)23-18-38-40(19-23)25-10-12-39(13-11-25)33(42)46-34(2,3)4;1-30-21-17(7-15(23)8-20(21)24)19-11-27-22-18(19)6-13(9-26-22)14-10-28-29(12-14)16-2-4-25-5-3-16;1-12-3-5-15(6-4-12)30(27,28)26-11-18(17-7-13(22)10-25-21(17)26)16-8-14(23)9-19(24)20(16)29-2;1-17(2,3)25-16(24)22-10-8-15(9-11-22)23-13-14(12-21-23)20-26-18(4,5)19(6,7)27-20/h6-9,14-20,25H,10-13H2,1-5H3;6-12,16,25H,2-5H2,1H3,(H,26,27);3-11H,1-2H3;12-13,15H,8-11H2,1-7H3. The van der Waals surface area contributed by atoms with E-state index in [2.05, 4.69) is 56.5 Å². The maximum Gasteiger partial charge on any atom is 0.498 e. The molecule has 0 saturated carbocycles. The highest BCUT2D eigenvalue weighted by molar-refractivity contribution is 9.10. The van der Waals surface area contributed by atoms with Crippen molar-refractivity contribution >= 4 is 93.8 Å². The predicted molar refractivity (Wildman–Crippen MR) is 500 cm³/mol. The van der Waals surface area contributed by atoms with Gasteiger partial charge in [-0.2, -0.15) is 15.3 Å². The van der Waals surface area contributed by atoms with Gasteiger partial charge in [0.25, 0.3) is 20.0 Å². The van der Waals surface area contributed by atoms with E-state index < -0.39 is 73.3 Å². The highest BCUT2D eigenvalue weighted by Crippen LogP contribution is 2.45. The van der Waals surface area contributed by atoms with Gasteiger partial charge in [-0.3, -0.25) is 14.0 Å². The molecule has 0 unspecified atom stereocenters. The summed E-state index contributed by atoms with van der Waals surface area (Å²) in [6.07, 6.45) is 24.9. The van der Waals surface area contributed by atoms with E-state index in [4.69, 9.17) is 33.0 Å². The Morgan fingerprint density at radius 2 is 0.843 bits per heavy atom. The summed E-state index contributed by atoms with van der Waals surface area (Å²) in [6.45, 7) is 27.4. The number of halogens is 7. The van der Waals surface area contributed by atoms with Crippen molar-refractivity contribution in [2.45, 2.75) is 172 Å². The number of aryl methyl sites for hydroxylation is 2. The van der Waals surface area contributed by atoms with Crippen molar-refractivity contribution in [1.29, 1.82) is 0 Å². The molecule has 0 aliphatic carbocycles. The van der Waals surface area contributed by atoms with E-state index in [0.29, 0.717) is 100 Å². The minimum atomic E-state index is -4.15. The fourth-order valence-corrected chi connectivity index (χ4v) is 19.4. The van der Waals surface area contributed by atoms with Gasteiger partial charge in [0, 0.05) is 188 Å². The van der Waals surface area contributed by atoms with Crippen LogP contribution in [0.3, 0.4) is 0 Å². The number of fused-ring (bicyclic) bond motifs is 3. The quantitative estimate of drug-likeness (QED) is 0.0671. The molecule has 9 aromatic heterocycles. The number of likely N-dealkylation sites (tertiary alicyclic amines) is 2. The summed E-state index contributed by atoms with van der Waals surface area (Å²) < 4.78 is 187. The molecular weight excluding hydrogens is 1840 g/mol. The van der Waals surface area contributed by atoms with Crippen molar-refractivity contribution in [3.63, 3.8) is 0 Å². The third-order valence-corrected chi connectivity index (χ3v) is 27.8. The first-order valence-corrected chi connectivity index (χ1v) is 47.2. The van der Waals surface area contributed by atoms with Crippen molar-refractivity contribution in [3.05, 3.63) is 228 Å². The van der Waals surface area contributed by atoms with Gasteiger partial charge in [0.05, 0.1) is 72.8 Å². The topological polar surface area (TPSA) is 303 Å². The molecule has 0 atom stereocenters. The molecule has 4 aliphatic rings. The minimum Gasteiger partial charge on any atom is -0.493 e. The van der Waals surface area contributed by atoms with E-state index in [0.717, 1.165) is 98.0 Å². The van der Waals surface area contributed by atoms with Gasteiger partial charge in [-0.15, -0.1) is 0 Å². The van der Waals surface area contributed by atoms with Crippen LogP contribution in [-0.4, -0.2) is 186 Å². The first-order valence-electron chi connectivity index (χ1n) is 43.5. The van der Waals surface area contributed by atoms with E-state index in [1.54, 1.807) is 71.0 Å². The average molecular weight is 1940 g/mol. The van der Waals surface area contributed by atoms with Crippen LogP contribution in [-0.2, 0) is 38.8 Å². The Morgan fingerprint density at radius 3 is 1.27 bits per heavy atom. The highest BCUT2D eigenvalue weighted by Gasteiger charge is 2.52. The van der Waals surface area contributed by atoms with Crippen LogP contribution in [0.15, 0.2) is 192 Å². The number of piperidine rings is 3. The highest BCUT2D eigenvalue weighted by atomic mass is 79.9. The Labute approximate surface area is 780 Å². The number of aromatic nitrogens is 12. The molecule has 0 spiro atoms. The smallest absolute Gasteiger partial charge is 0.493 e. The second kappa shape index (κ2) is 38.6. The van der Waals surface area contributed by atoms with E-state index in [-0.39, 0.29) is 96.1 Å². The zero-order chi connectivity index (χ0) is 96.0. The third kappa shape index (κ3) is 20.6. The molecule has 134 heavy (non-hydrogen) atoms. The van der Waals surface area contributed by atoms with Crippen LogP contribution in [0.1, 0.15) is 137 Å². The predicted octanol–water partition coefficient (Wildman–Crippen LogP) is 19.3. The number of hydrogen-bond acceptors (Lipinski definition) is 20. The lowest BCUT2D eigenvalue weighted by Crippen LogP contribution is -2.42. The molecule has 2 amide bonds. The first kappa shape index (κ1) is 96.2. The number of benzene rings is 5. The monoisotopic (exact) mass is 1940 g/mol. The molecule has 28 nitrogen and oxygen atoms in total. The summed E-state index contributed by atoms with van der Waals surface area (Å²) in [4.78, 5) is 44.7. The molecule has 4 fully saturated rings. The number of carbonyl (C=O) groups is 2. The van der Waals surface area contributed by atoms with Crippen LogP contribution in [0.2, 0.25) is 0 Å². The van der Waals surface area contributed by atoms with Crippen molar-refractivity contribution in [2.75, 3.05) is 60.6 Å². The van der Waals surface area contributed by atoms with Gasteiger partial charge in [0.15, 0.2) is 46.0 Å². The summed E-state index contributed by atoms with van der Waals surface area (Å²) in [5, 5.41) is 18.5. The number of amides is 2. The second-order valence-electron chi connectivity index (χ2n) is 36.3. The number of aromatic amines is 1. The number of rotatable bonds is 16. The molecular formula is C96H103BBrF6N15O13S2. The lowest BCUT2D eigenvalue weighted by molar-refractivity contribution is 0.00578. The average Bonchev–Trinajstić information content (AvgIpc) is 1.60. The van der Waals surface area contributed by atoms with Crippen LogP contribution in [0.4, 0.5) is 35.9 Å². The zero-order valence-electron chi connectivity index (χ0n) is 76.6. The first-order chi connectivity index (χ1) is 63.5. The molecule has 13 heterocycles. The second-order valence-corrected chi connectivity index (χ2v) is 40.8. The van der Waals surface area contributed by atoms with Gasteiger partial charge in [0.1, 0.15) is 34.3 Å². The van der Waals surface area contributed by atoms with Crippen LogP contribution in [0, 0.1) is 48.8 Å². The number of carbonyl (C=O) groups excluding carboxylic acids is 2. The van der Waals surface area contributed by atoms with E-state index in [9.17, 15) is 52.8 Å². The Morgan fingerprint density at radius 1 is 0.463 bits per heavy atom. The molecule has 5 aromatic carbocycles. The van der Waals surface area contributed by atoms with Crippen LogP contribution in [0.25, 0.3) is 88.7 Å². The van der Waals surface area contributed by atoms with Gasteiger partial charge < -0.3 is 53.1 Å². The van der Waals surface area contributed by atoms with Crippen molar-refractivity contribution in [2.24, 2.45) is 0 Å². The number of pyridine rings is 3. The summed E-state index contributed by atoms with van der Waals surface area (Å²) in [5.74, 6) is -5.29. The van der Waals surface area contributed by atoms with Gasteiger partial charge in [0.2, 0.25) is 0 Å². The number of hydrogen-bond donors (Lipinski definition) is 2. The number of nitrogens with one attached hydrogen (secondary N) is 2. The van der Waals surface area contributed by atoms with Crippen LogP contribution >= 0.6 is 15.9 Å². The number of ether oxygens (including phenoxy) is 5. The number of H-pyrrole nitrogens is 1. The minimum absolute atomic E-state index is 0.00132. The molecule has 18 rings (SSSR count). The summed E-state index contributed by atoms with van der Waals surface area (Å²) in [6, 6.07) is 24.5. The van der Waals surface area contributed by atoms with Crippen LogP contribution < -0.4 is 25.0 Å². The molecule has 704 valence electrons.